The summed E-state index contributed by atoms with van der Waals surface area (Å²) in [5.41, 5.74) is 1.20. The van der Waals surface area contributed by atoms with Crippen LogP contribution in [0.5, 0.6) is 0 Å². The number of fused-ring (bicyclic) bond motifs is 1. The second kappa shape index (κ2) is 5.75. The molecule has 1 amide bonds. The molecule has 1 saturated carbocycles. The molecule has 3 aromatic heterocycles. The molecule has 7 heteroatoms. The maximum absolute atomic E-state index is 12.6. The van der Waals surface area contributed by atoms with Gasteiger partial charge in [0.25, 0.3) is 5.91 Å². The van der Waals surface area contributed by atoms with Gasteiger partial charge in [-0.1, -0.05) is 6.07 Å². The highest BCUT2D eigenvalue weighted by Gasteiger charge is 2.36. The van der Waals surface area contributed by atoms with Crippen LogP contribution in [0.3, 0.4) is 0 Å². The van der Waals surface area contributed by atoms with Crippen molar-refractivity contribution in [2.75, 3.05) is 0 Å². The summed E-state index contributed by atoms with van der Waals surface area (Å²) in [6.07, 6.45) is 4.59. The molecule has 1 fully saturated rings. The number of amides is 1. The number of carbonyl (C=O) groups is 1. The van der Waals surface area contributed by atoms with E-state index in [2.05, 4.69) is 15.5 Å². The van der Waals surface area contributed by atoms with Crippen molar-refractivity contribution in [2.45, 2.75) is 25.0 Å². The zero-order valence-corrected chi connectivity index (χ0v) is 13.1. The van der Waals surface area contributed by atoms with Gasteiger partial charge in [0.1, 0.15) is 6.33 Å². The van der Waals surface area contributed by atoms with Crippen LogP contribution in [0, 0.1) is 5.92 Å². The summed E-state index contributed by atoms with van der Waals surface area (Å²) in [6.45, 7) is 0. The van der Waals surface area contributed by atoms with Crippen molar-refractivity contribution in [1.29, 1.82) is 0 Å². The van der Waals surface area contributed by atoms with Crippen LogP contribution in [0.15, 0.2) is 42.2 Å². The van der Waals surface area contributed by atoms with Gasteiger partial charge in [-0.05, 0) is 42.3 Å². The maximum atomic E-state index is 12.6. The third kappa shape index (κ3) is 2.73. The van der Waals surface area contributed by atoms with Crippen LogP contribution in [0.1, 0.15) is 34.1 Å². The van der Waals surface area contributed by atoms with E-state index in [9.17, 15) is 9.90 Å². The van der Waals surface area contributed by atoms with Crippen molar-refractivity contribution in [3.05, 3.63) is 52.6 Å². The molecular formula is C16H16N4O2S. The summed E-state index contributed by atoms with van der Waals surface area (Å²) in [4.78, 5) is 13.7. The van der Waals surface area contributed by atoms with Crippen molar-refractivity contribution in [2.24, 2.45) is 5.92 Å². The lowest BCUT2D eigenvalue weighted by Gasteiger charge is -2.37. The van der Waals surface area contributed by atoms with Crippen molar-refractivity contribution in [3.63, 3.8) is 0 Å². The number of carbonyl (C=O) groups excluding carboxylic acids is 1. The number of rotatable bonds is 4. The topological polar surface area (TPSA) is 79.5 Å². The molecule has 0 saturated heterocycles. The molecule has 0 radical (unpaired) electrons. The number of nitrogens with one attached hydrogen (secondary N) is 1. The largest absolute Gasteiger partial charge is 0.393 e. The second-order valence-corrected chi connectivity index (χ2v) is 6.84. The van der Waals surface area contributed by atoms with E-state index in [1.807, 2.05) is 17.5 Å². The first-order valence-corrected chi connectivity index (χ1v) is 8.40. The van der Waals surface area contributed by atoms with E-state index < -0.39 is 0 Å². The molecule has 23 heavy (non-hydrogen) atoms. The average Bonchev–Trinajstić information content (AvgIpc) is 3.19. The quantitative estimate of drug-likeness (QED) is 0.768. The molecule has 0 unspecified atom stereocenters. The minimum absolute atomic E-state index is 0.0556. The number of hydrogen-bond acceptors (Lipinski definition) is 5. The molecule has 1 aliphatic carbocycles. The Kier molecular flexibility index (Phi) is 3.59. The minimum Gasteiger partial charge on any atom is -0.393 e. The number of aliphatic hydroxyl groups excluding tert-OH is 1. The van der Waals surface area contributed by atoms with Gasteiger partial charge in [-0.2, -0.15) is 0 Å². The SMILES string of the molecule is O=C(N[C@H](c1cccs1)C1CC(O)C1)c1ccn2cnnc2c1. The summed E-state index contributed by atoms with van der Waals surface area (Å²) >= 11 is 1.63. The Labute approximate surface area is 136 Å². The van der Waals surface area contributed by atoms with Crippen molar-refractivity contribution in [1.82, 2.24) is 19.9 Å². The maximum Gasteiger partial charge on any atom is 0.251 e. The van der Waals surface area contributed by atoms with Gasteiger partial charge in [0.05, 0.1) is 12.1 Å². The zero-order chi connectivity index (χ0) is 15.8. The Morgan fingerprint density at radius 1 is 1.43 bits per heavy atom. The van der Waals surface area contributed by atoms with Crippen LogP contribution in [0.4, 0.5) is 0 Å². The average molecular weight is 328 g/mol. The molecule has 0 bridgehead atoms. The summed E-state index contributed by atoms with van der Waals surface area (Å²) in [6, 6.07) is 7.44. The third-order valence-corrected chi connectivity index (χ3v) is 5.28. The molecule has 4 rings (SSSR count). The Bertz CT molecular complexity index is 824. The predicted octanol–water partition coefficient (Wildman–Crippen LogP) is 2.03. The lowest BCUT2D eigenvalue weighted by Crippen LogP contribution is -2.41. The van der Waals surface area contributed by atoms with Crippen LogP contribution in [0.25, 0.3) is 5.65 Å². The minimum atomic E-state index is -0.244. The zero-order valence-electron chi connectivity index (χ0n) is 12.3. The van der Waals surface area contributed by atoms with E-state index in [-0.39, 0.29) is 24.0 Å². The fraction of sp³-hybridized carbons (Fsp3) is 0.312. The molecule has 6 nitrogen and oxygen atoms in total. The molecule has 3 heterocycles. The Balaban J connectivity index is 1.56. The number of thiophene rings is 1. The fourth-order valence-electron chi connectivity index (χ4n) is 2.97. The first-order chi connectivity index (χ1) is 11.2. The van der Waals surface area contributed by atoms with E-state index in [0.29, 0.717) is 11.2 Å². The summed E-state index contributed by atoms with van der Waals surface area (Å²) in [5, 5.41) is 22.5. The Hall–Kier alpha value is -2.25. The molecule has 118 valence electrons. The summed E-state index contributed by atoms with van der Waals surface area (Å²) < 4.78 is 1.76. The predicted molar refractivity (Wildman–Crippen MR) is 86.2 cm³/mol. The fourth-order valence-corrected chi connectivity index (χ4v) is 3.84. The van der Waals surface area contributed by atoms with Crippen LogP contribution in [-0.4, -0.2) is 31.7 Å². The van der Waals surface area contributed by atoms with Crippen LogP contribution in [0.2, 0.25) is 0 Å². The lowest BCUT2D eigenvalue weighted by atomic mass is 9.76. The van der Waals surface area contributed by atoms with Gasteiger partial charge in [0, 0.05) is 16.6 Å². The van der Waals surface area contributed by atoms with E-state index in [0.717, 1.165) is 17.7 Å². The van der Waals surface area contributed by atoms with Gasteiger partial charge in [-0.25, -0.2) is 0 Å². The Morgan fingerprint density at radius 3 is 3.04 bits per heavy atom. The van der Waals surface area contributed by atoms with Crippen LogP contribution >= 0.6 is 11.3 Å². The summed E-state index contributed by atoms with van der Waals surface area (Å²) in [7, 11) is 0. The van der Waals surface area contributed by atoms with Gasteiger partial charge >= 0.3 is 0 Å². The molecule has 1 atom stereocenters. The number of aliphatic hydroxyl groups is 1. The van der Waals surface area contributed by atoms with E-state index in [1.54, 1.807) is 40.4 Å². The molecule has 0 spiro atoms. The number of nitrogens with zero attached hydrogens (tertiary/aromatic N) is 3. The number of aromatic nitrogens is 3. The molecule has 0 aliphatic heterocycles. The lowest BCUT2D eigenvalue weighted by molar-refractivity contribution is 0.0241. The normalized spacial score (nSPS) is 21.8. The van der Waals surface area contributed by atoms with Gasteiger partial charge < -0.3 is 10.4 Å². The van der Waals surface area contributed by atoms with Crippen molar-refractivity contribution >= 4 is 22.9 Å². The molecule has 2 N–H and O–H groups in total. The van der Waals surface area contributed by atoms with Gasteiger partial charge in [-0.3, -0.25) is 9.20 Å². The van der Waals surface area contributed by atoms with Gasteiger partial charge in [0.2, 0.25) is 0 Å². The monoisotopic (exact) mass is 328 g/mol. The number of hydrogen-bond donors (Lipinski definition) is 2. The third-order valence-electron chi connectivity index (χ3n) is 4.32. The highest BCUT2D eigenvalue weighted by atomic mass is 32.1. The van der Waals surface area contributed by atoms with Crippen molar-refractivity contribution < 1.29 is 9.90 Å². The van der Waals surface area contributed by atoms with E-state index >= 15 is 0 Å². The van der Waals surface area contributed by atoms with Gasteiger partial charge in [0.15, 0.2) is 5.65 Å². The molecule has 0 aromatic carbocycles. The highest BCUT2D eigenvalue weighted by Crippen LogP contribution is 2.39. The van der Waals surface area contributed by atoms with Crippen molar-refractivity contribution in [3.8, 4) is 0 Å². The first kappa shape index (κ1) is 14.3. The van der Waals surface area contributed by atoms with E-state index in [4.69, 9.17) is 0 Å². The van der Waals surface area contributed by atoms with E-state index in [1.165, 1.54) is 0 Å². The smallest absolute Gasteiger partial charge is 0.251 e. The van der Waals surface area contributed by atoms with Crippen LogP contribution < -0.4 is 5.32 Å². The second-order valence-electron chi connectivity index (χ2n) is 5.86. The van der Waals surface area contributed by atoms with Gasteiger partial charge in [-0.15, -0.1) is 21.5 Å². The first-order valence-electron chi connectivity index (χ1n) is 7.52. The molecule has 1 aliphatic rings. The summed E-state index contributed by atoms with van der Waals surface area (Å²) in [5.74, 6) is 0.153. The number of pyridine rings is 1. The highest BCUT2D eigenvalue weighted by molar-refractivity contribution is 7.10. The Morgan fingerprint density at radius 2 is 2.30 bits per heavy atom. The standard InChI is InChI=1S/C16H16N4O2S/c21-12-6-11(7-12)15(13-2-1-5-23-13)18-16(22)10-3-4-20-9-17-19-14(20)8-10/h1-5,8-9,11-12,15,21H,6-7H2,(H,18,22)/t11?,12?,15-/m0/s1. The van der Waals surface area contributed by atoms with Crippen LogP contribution in [-0.2, 0) is 0 Å². The molecular weight excluding hydrogens is 312 g/mol. The molecule has 3 aromatic rings.